The van der Waals surface area contributed by atoms with E-state index in [-0.39, 0.29) is 13.1 Å². The van der Waals surface area contributed by atoms with E-state index in [0.29, 0.717) is 12.0 Å². The molecule has 10 heteroatoms. The molecule has 0 unspecified atom stereocenters. The Hall–Kier alpha value is -1.45. The van der Waals surface area contributed by atoms with E-state index in [1.807, 2.05) is 0 Å². The van der Waals surface area contributed by atoms with Gasteiger partial charge < -0.3 is 9.64 Å². The lowest BCUT2D eigenvalue weighted by Crippen LogP contribution is -2.48. The number of carbonyl (C=O) groups is 1. The second-order valence-electron chi connectivity index (χ2n) is 4.90. The van der Waals surface area contributed by atoms with E-state index in [4.69, 9.17) is 0 Å². The molecule has 0 radical (unpaired) electrons. The van der Waals surface area contributed by atoms with E-state index in [1.54, 1.807) is 18.2 Å². The number of alkyl halides is 6. The molecule has 1 aliphatic rings. The molecule has 0 bridgehead atoms. The molecule has 0 aliphatic carbocycles. The van der Waals surface area contributed by atoms with Crippen LogP contribution in [0.3, 0.4) is 0 Å². The molecule has 1 aromatic carbocycles. The van der Waals surface area contributed by atoms with Gasteiger partial charge in [0.1, 0.15) is 0 Å². The third-order valence-electron chi connectivity index (χ3n) is 3.28. The number of carbonyl (C=O) groups excluding carboxylic acids is 1. The highest BCUT2D eigenvalue weighted by molar-refractivity contribution is 9.10. The summed E-state index contributed by atoms with van der Waals surface area (Å²) in [6.07, 6.45) is -16.9. The van der Waals surface area contributed by atoms with Crippen LogP contribution in [0.2, 0.25) is 0 Å². The summed E-state index contributed by atoms with van der Waals surface area (Å²) in [5.74, 6) is 0. The molecule has 1 amide bonds. The lowest BCUT2D eigenvalue weighted by Gasteiger charge is -2.31. The Bertz CT molecular complexity index is 587. The minimum Gasteiger partial charge on any atom is -0.426 e. The van der Waals surface area contributed by atoms with E-state index in [2.05, 4.69) is 20.7 Å². The Morgan fingerprint density at radius 3 is 2.35 bits per heavy atom. The van der Waals surface area contributed by atoms with Crippen LogP contribution in [0.25, 0.3) is 0 Å². The molecule has 128 valence electrons. The molecule has 1 aromatic rings. The predicted molar refractivity (Wildman–Crippen MR) is 70.6 cm³/mol. The largest absolute Gasteiger partial charge is 0.434 e. The standard InChI is InChI=1S/C13H10BrF6NO2/c14-9-3-1-2-7-6-21(5-4-8(7)9)11(22)23-10(12(15,16)17)13(18,19)20/h1-3,10H,4-6H2. The molecule has 0 spiro atoms. The molecule has 2 rings (SSSR count). The zero-order valence-corrected chi connectivity index (χ0v) is 12.9. The van der Waals surface area contributed by atoms with Crippen molar-refractivity contribution < 1.29 is 35.9 Å². The zero-order valence-electron chi connectivity index (χ0n) is 11.3. The van der Waals surface area contributed by atoms with Gasteiger partial charge >= 0.3 is 18.4 Å². The van der Waals surface area contributed by atoms with Crippen molar-refractivity contribution in [2.24, 2.45) is 0 Å². The van der Waals surface area contributed by atoms with Crippen molar-refractivity contribution in [2.45, 2.75) is 31.4 Å². The molecule has 23 heavy (non-hydrogen) atoms. The van der Waals surface area contributed by atoms with Crippen LogP contribution >= 0.6 is 15.9 Å². The fraction of sp³-hybridized carbons (Fsp3) is 0.462. The van der Waals surface area contributed by atoms with Gasteiger partial charge in [0.15, 0.2) is 0 Å². The van der Waals surface area contributed by atoms with Crippen LogP contribution in [-0.4, -0.2) is 36.0 Å². The van der Waals surface area contributed by atoms with Gasteiger partial charge in [-0.2, -0.15) is 26.3 Å². The van der Waals surface area contributed by atoms with Gasteiger partial charge in [0.2, 0.25) is 0 Å². The maximum absolute atomic E-state index is 12.4. The summed E-state index contributed by atoms with van der Waals surface area (Å²) in [4.78, 5) is 12.5. The van der Waals surface area contributed by atoms with Crippen molar-refractivity contribution in [1.82, 2.24) is 4.90 Å². The van der Waals surface area contributed by atoms with Gasteiger partial charge in [-0.15, -0.1) is 0 Å². The molecule has 3 nitrogen and oxygen atoms in total. The van der Waals surface area contributed by atoms with Gasteiger partial charge in [-0.05, 0) is 23.6 Å². The first-order valence-electron chi connectivity index (χ1n) is 6.35. The summed E-state index contributed by atoms with van der Waals surface area (Å²) in [5.41, 5.74) is 1.50. The van der Waals surface area contributed by atoms with Crippen LogP contribution in [0.4, 0.5) is 31.1 Å². The van der Waals surface area contributed by atoms with Crippen molar-refractivity contribution in [3.63, 3.8) is 0 Å². The molecule has 1 heterocycles. The van der Waals surface area contributed by atoms with Crippen LogP contribution in [-0.2, 0) is 17.7 Å². The summed E-state index contributed by atoms with van der Waals surface area (Å²) in [5, 5.41) is 0. The SMILES string of the molecule is O=C(OC(C(F)(F)F)C(F)(F)F)N1CCc2c(Br)cccc2C1. The van der Waals surface area contributed by atoms with Crippen LogP contribution < -0.4 is 0 Å². The molecule has 0 saturated heterocycles. The van der Waals surface area contributed by atoms with Crippen LogP contribution in [0.5, 0.6) is 0 Å². The zero-order chi connectivity index (χ0) is 17.4. The topological polar surface area (TPSA) is 29.5 Å². The van der Waals surface area contributed by atoms with E-state index < -0.39 is 24.5 Å². The Balaban J connectivity index is 2.13. The van der Waals surface area contributed by atoms with Crippen LogP contribution in [0, 0.1) is 0 Å². The summed E-state index contributed by atoms with van der Waals surface area (Å²) < 4.78 is 78.9. The highest BCUT2D eigenvalue weighted by Crippen LogP contribution is 2.36. The number of hydrogen-bond acceptors (Lipinski definition) is 2. The second-order valence-corrected chi connectivity index (χ2v) is 5.75. The van der Waals surface area contributed by atoms with Gasteiger partial charge in [0.25, 0.3) is 6.10 Å². The fourth-order valence-corrected chi connectivity index (χ4v) is 2.82. The quantitative estimate of drug-likeness (QED) is 0.646. The number of halogens is 7. The first kappa shape index (κ1) is 17.9. The number of amides is 1. The monoisotopic (exact) mass is 405 g/mol. The molecular formula is C13H10BrF6NO2. The maximum Gasteiger partial charge on any atom is 0.434 e. The molecule has 0 atom stereocenters. The first-order chi connectivity index (χ1) is 10.5. The lowest BCUT2D eigenvalue weighted by molar-refractivity contribution is -0.308. The molecule has 1 aliphatic heterocycles. The minimum atomic E-state index is -5.72. The number of ether oxygens (including phenoxy) is 1. The third kappa shape index (κ3) is 4.10. The number of rotatable bonds is 1. The molecule has 0 N–H and O–H groups in total. The van der Waals surface area contributed by atoms with Gasteiger partial charge in [0, 0.05) is 17.6 Å². The Labute approximate surface area is 135 Å². The van der Waals surface area contributed by atoms with Crippen molar-refractivity contribution in [2.75, 3.05) is 6.54 Å². The average Bonchev–Trinajstić information content (AvgIpc) is 2.42. The first-order valence-corrected chi connectivity index (χ1v) is 7.14. The molecule has 0 saturated carbocycles. The van der Waals surface area contributed by atoms with Crippen molar-refractivity contribution >= 4 is 22.0 Å². The van der Waals surface area contributed by atoms with E-state index in [0.717, 1.165) is 14.9 Å². The number of benzene rings is 1. The Morgan fingerprint density at radius 1 is 1.17 bits per heavy atom. The fourth-order valence-electron chi connectivity index (χ4n) is 2.21. The molecular weight excluding hydrogens is 396 g/mol. The van der Waals surface area contributed by atoms with Gasteiger partial charge in [-0.1, -0.05) is 28.1 Å². The summed E-state index contributed by atoms with van der Waals surface area (Å²) in [6, 6.07) is 5.06. The van der Waals surface area contributed by atoms with Crippen molar-refractivity contribution in [3.05, 3.63) is 33.8 Å². The van der Waals surface area contributed by atoms with Crippen molar-refractivity contribution in [1.29, 1.82) is 0 Å². The summed E-state index contributed by atoms with van der Waals surface area (Å²) in [7, 11) is 0. The highest BCUT2D eigenvalue weighted by Gasteiger charge is 2.60. The van der Waals surface area contributed by atoms with E-state index >= 15 is 0 Å². The number of nitrogens with zero attached hydrogens (tertiary/aromatic N) is 1. The lowest BCUT2D eigenvalue weighted by atomic mass is 10.0. The maximum atomic E-state index is 12.4. The van der Waals surface area contributed by atoms with Crippen molar-refractivity contribution in [3.8, 4) is 0 Å². The van der Waals surface area contributed by atoms with Crippen LogP contribution in [0.1, 0.15) is 11.1 Å². The molecule has 0 aromatic heterocycles. The normalized spacial score (nSPS) is 15.6. The number of hydrogen-bond donors (Lipinski definition) is 0. The Morgan fingerprint density at radius 2 is 1.78 bits per heavy atom. The van der Waals surface area contributed by atoms with Gasteiger partial charge in [0.05, 0.1) is 0 Å². The van der Waals surface area contributed by atoms with Gasteiger partial charge in [-0.3, -0.25) is 0 Å². The Kier molecular flexibility index (Phi) is 4.84. The van der Waals surface area contributed by atoms with E-state index in [9.17, 15) is 31.1 Å². The third-order valence-corrected chi connectivity index (χ3v) is 4.02. The predicted octanol–water partition coefficient (Wildman–Crippen LogP) is 4.44. The van der Waals surface area contributed by atoms with E-state index in [1.165, 1.54) is 0 Å². The molecule has 0 fully saturated rings. The van der Waals surface area contributed by atoms with Gasteiger partial charge in [-0.25, -0.2) is 4.79 Å². The summed E-state index contributed by atoms with van der Waals surface area (Å²) >= 11 is 3.30. The smallest absolute Gasteiger partial charge is 0.426 e. The summed E-state index contributed by atoms with van der Waals surface area (Å²) in [6.45, 7) is -0.146. The minimum absolute atomic E-state index is 0.0309. The number of fused-ring (bicyclic) bond motifs is 1. The van der Waals surface area contributed by atoms with Crippen LogP contribution in [0.15, 0.2) is 22.7 Å². The average molecular weight is 406 g/mol. The highest BCUT2D eigenvalue weighted by atomic mass is 79.9. The second kappa shape index (κ2) is 6.21.